The highest BCUT2D eigenvalue weighted by Crippen LogP contribution is -0.0170. The summed E-state index contributed by atoms with van der Waals surface area (Å²) in [6.07, 6.45) is 0. The number of hydrogen-bond donors (Lipinski definition) is 4. The van der Waals surface area contributed by atoms with Gasteiger partial charge >= 0.3 is 23.1 Å². The van der Waals surface area contributed by atoms with Crippen molar-refractivity contribution in [2.45, 2.75) is 0 Å². The standard InChI is InChI=1S/Mg.2H4N2.2H/c;2*1-2;;/h;2*1-2H2;;. The van der Waals surface area contributed by atoms with Gasteiger partial charge in [0.25, 0.3) is 0 Å². The van der Waals surface area contributed by atoms with Gasteiger partial charge in [-0.05, 0) is 0 Å². The van der Waals surface area contributed by atoms with E-state index in [9.17, 15) is 0 Å². The lowest BCUT2D eigenvalue weighted by Crippen LogP contribution is -2.02. The third-order valence-electron chi connectivity index (χ3n) is 0. The lowest BCUT2D eigenvalue weighted by molar-refractivity contribution is 1.26. The first-order chi connectivity index (χ1) is 2.00. The normalized spacial score (nSPS) is 2.40. The molecule has 0 unspecified atom stereocenters. The third kappa shape index (κ3) is 85.1. The Bertz CT molecular complexity index is 3.61. The largest absolute Gasteiger partial charge is 0.316 e. The van der Waals surface area contributed by atoms with E-state index in [1.807, 2.05) is 0 Å². The highest BCUT2D eigenvalue weighted by molar-refractivity contribution is 5.75. The van der Waals surface area contributed by atoms with Gasteiger partial charge in [-0.2, -0.15) is 0 Å². The molecular weight excluding hydrogens is 80.3 g/mol. The van der Waals surface area contributed by atoms with E-state index in [0.717, 1.165) is 0 Å². The first kappa shape index (κ1) is 17.5. The molecule has 0 spiro atoms. The molecule has 5 heavy (non-hydrogen) atoms. The average molecular weight is 90.4 g/mol. The van der Waals surface area contributed by atoms with Crippen LogP contribution in [-0.2, 0) is 0 Å². The summed E-state index contributed by atoms with van der Waals surface area (Å²) >= 11 is 0. The fourth-order valence-corrected chi connectivity index (χ4v) is 0. The summed E-state index contributed by atoms with van der Waals surface area (Å²) in [7, 11) is 0. The van der Waals surface area contributed by atoms with Crippen LogP contribution in [0.4, 0.5) is 0 Å². The van der Waals surface area contributed by atoms with Gasteiger partial charge in [0.05, 0.1) is 0 Å². The molecule has 0 fully saturated rings. The van der Waals surface area contributed by atoms with Crippen LogP contribution in [0.1, 0.15) is 0 Å². The molecule has 0 aliphatic heterocycles. The second-order valence-electron chi connectivity index (χ2n) is 0. The molecule has 4 nitrogen and oxygen atoms in total. The molecule has 0 rings (SSSR count). The first-order valence-corrected chi connectivity index (χ1v) is 0.667. The van der Waals surface area contributed by atoms with E-state index in [1.54, 1.807) is 0 Å². The van der Waals surface area contributed by atoms with Crippen molar-refractivity contribution in [3.05, 3.63) is 0 Å². The molecular formula is H10MgN4. The summed E-state index contributed by atoms with van der Waals surface area (Å²) < 4.78 is 0. The summed E-state index contributed by atoms with van der Waals surface area (Å²) in [5.41, 5.74) is 0. The molecule has 5 heteroatoms. The molecule has 0 amide bonds. The zero-order valence-corrected chi connectivity index (χ0v) is 2.31. The molecule has 0 saturated carbocycles. The monoisotopic (exact) mass is 90.1 g/mol. The van der Waals surface area contributed by atoms with Crippen LogP contribution in [0.15, 0.2) is 0 Å². The van der Waals surface area contributed by atoms with Crippen LogP contribution in [-0.4, -0.2) is 23.1 Å². The Balaban J connectivity index is -0.0000000133. The Morgan fingerprint density at radius 1 is 0.600 bits per heavy atom. The molecule has 8 N–H and O–H groups in total. The fraction of sp³-hybridized carbons (Fsp3) is 0. The molecule has 0 aromatic heterocycles. The average Bonchev–Trinajstić information content (AvgIpc) is 1.50. The van der Waals surface area contributed by atoms with Crippen LogP contribution in [0.2, 0.25) is 0 Å². The Kier molecular flexibility index (Phi) is 571. The van der Waals surface area contributed by atoms with Gasteiger partial charge in [0.15, 0.2) is 0 Å². The van der Waals surface area contributed by atoms with Gasteiger partial charge in [-0.15, -0.1) is 0 Å². The zero-order chi connectivity index (χ0) is 4.00. The van der Waals surface area contributed by atoms with E-state index in [4.69, 9.17) is 0 Å². The van der Waals surface area contributed by atoms with Crippen molar-refractivity contribution in [2.75, 3.05) is 0 Å². The molecule has 0 bridgehead atoms. The van der Waals surface area contributed by atoms with Crippen molar-refractivity contribution in [3.8, 4) is 0 Å². The summed E-state index contributed by atoms with van der Waals surface area (Å²) in [5, 5.41) is 0. The minimum Gasteiger partial charge on any atom is -0.274 e. The molecule has 0 aliphatic carbocycles. The molecule has 0 atom stereocenters. The maximum atomic E-state index is 4.00. The van der Waals surface area contributed by atoms with E-state index in [2.05, 4.69) is 23.4 Å². The van der Waals surface area contributed by atoms with E-state index in [0.29, 0.717) is 0 Å². The number of hydrogen-bond acceptors (Lipinski definition) is 4. The van der Waals surface area contributed by atoms with Gasteiger partial charge < -0.3 is 0 Å². The second-order valence-corrected chi connectivity index (χ2v) is 0. The SMILES string of the molecule is NN.NN.[MgH2]. The maximum Gasteiger partial charge on any atom is 0.316 e. The molecule has 0 saturated heterocycles. The van der Waals surface area contributed by atoms with Crippen molar-refractivity contribution >= 4 is 23.1 Å². The minimum atomic E-state index is 0. The van der Waals surface area contributed by atoms with Crippen LogP contribution < -0.4 is 23.4 Å². The van der Waals surface area contributed by atoms with Crippen LogP contribution in [0.3, 0.4) is 0 Å². The number of nitrogens with two attached hydrogens (primary N) is 4. The number of hydrazine groups is 2. The molecule has 32 valence electrons. The van der Waals surface area contributed by atoms with Crippen LogP contribution in [0, 0.1) is 0 Å². The van der Waals surface area contributed by atoms with Gasteiger partial charge in [0.2, 0.25) is 0 Å². The van der Waals surface area contributed by atoms with Crippen molar-refractivity contribution < 1.29 is 0 Å². The van der Waals surface area contributed by atoms with Crippen molar-refractivity contribution in [1.29, 1.82) is 0 Å². The van der Waals surface area contributed by atoms with Gasteiger partial charge in [-0.3, -0.25) is 23.4 Å². The van der Waals surface area contributed by atoms with Gasteiger partial charge in [0.1, 0.15) is 0 Å². The molecule has 0 heterocycles. The zero-order valence-electron chi connectivity index (χ0n) is 2.31. The highest BCUT2D eigenvalue weighted by Gasteiger charge is 0.728. The maximum absolute atomic E-state index is 4.00. The Morgan fingerprint density at radius 2 is 0.600 bits per heavy atom. The summed E-state index contributed by atoms with van der Waals surface area (Å²) in [6.45, 7) is 0. The van der Waals surface area contributed by atoms with Gasteiger partial charge in [-0.1, -0.05) is 0 Å². The van der Waals surface area contributed by atoms with E-state index < -0.39 is 0 Å². The Labute approximate surface area is 46.9 Å². The fourth-order valence-electron chi connectivity index (χ4n) is 0. The Morgan fingerprint density at radius 3 is 0.600 bits per heavy atom. The smallest absolute Gasteiger partial charge is 0.274 e. The second kappa shape index (κ2) is 163. The van der Waals surface area contributed by atoms with Crippen LogP contribution in [0.5, 0.6) is 0 Å². The number of rotatable bonds is 0. The summed E-state index contributed by atoms with van der Waals surface area (Å²) in [5.74, 6) is 16.0. The summed E-state index contributed by atoms with van der Waals surface area (Å²) in [4.78, 5) is 0. The Hall–Kier alpha value is 0.606. The molecule has 0 aromatic carbocycles. The lowest BCUT2D eigenvalue weighted by Gasteiger charge is -1.27. The minimum absolute atomic E-state index is 0. The van der Waals surface area contributed by atoms with E-state index >= 15 is 0 Å². The van der Waals surface area contributed by atoms with Crippen LogP contribution in [0.25, 0.3) is 0 Å². The predicted molar refractivity (Wildman–Crippen MR) is 25.3 cm³/mol. The van der Waals surface area contributed by atoms with Gasteiger partial charge in [-0.25, -0.2) is 0 Å². The highest BCUT2D eigenvalue weighted by atomic mass is 24.3. The predicted octanol–water partition coefficient (Wildman–Crippen LogP) is -3.28. The van der Waals surface area contributed by atoms with Gasteiger partial charge in [0, 0.05) is 0 Å². The van der Waals surface area contributed by atoms with Crippen molar-refractivity contribution in [2.24, 2.45) is 23.4 Å². The van der Waals surface area contributed by atoms with Crippen LogP contribution >= 0.6 is 0 Å². The van der Waals surface area contributed by atoms with E-state index in [-0.39, 0.29) is 23.1 Å². The molecule has 0 aliphatic rings. The third-order valence-corrected chi connectivity index (χ3v) is 0. The van der Waals surface area contributed by atoms with E-state index in [1.165, 1.54) is 0 Å². The first-order valence-electron chi connectivity index (χ1n) is 0.667. The molecule has 0 aromatic rings. The van der Waals surface area contributed by atoms with Crippen molar-refractivity contribution in [3.63, 3.8) is 0 Å². The quantitative estimate of drug-likeness (QED) is 0.142. The lowest BCUT2D eigenvalue weighted by atomic mass is 13.0. The molecule has 0 radical (unpaired) electrons. The summed E-state index contributed by atoms with van der Waals surface area (Å²) in [6, 6.07) is 0. The van der Waals surface area contributed by atoms with Crippen molar-refractivity contribution in [1.82, 2.24) is 0 Å². The topological polar surface area (TPSA) is 104 Å².